The molecular weight excluding hydrogens is 1320 g/mol. The highest BCUT2D eigenvalue weighted by atomic mass is 31.2. The first kappa shape index (κ1) is 98.5. The van der Waals surface area contributed by atoms with Gasteiger partial charge in [-0.1, -0.05) is 367 Å². The Labute approximate surface area is 618 Å². The highest BCUT2D eigenvalue weighted by Crippen LogP contribution is 2.45. The van der Waals surface area contributed by atoms with Gasteiger partial charge in [0.05, 0.1) is 26.4 Å². The van der Waals surface area contributed by atoms with Crippen molar-refractivity contribution in [3.05, 3.63) is 24.3 Å². The van der Waals surface area contributed by atoms with Crippen molar-refractivity contribution in [3.8, 4) is 0 Å². The summed E-state index contributed by atoms with van der Waals surface area (Å²) in [4.78, 5) is 72.9. The Bertz CT molecular complexity index is 2010. The van der Waals surface area contributed by atoms with Gasteiger partial charge in [0.2, 0.25) is 0 Å². The standard InChI is InChI=1S/C82H156O17P2/c1-5-9-13-17-21-25-28-31-34-36-37-38-39-41-44-47-50-53-57-61-65-69-82(87)99-78(73-93-80(85)67-63-59-55-51-48-45-43-40-35-32-29-26-22-18-14-10-6-2)75-97-101(90,91)95-71-76(83)70-94-100(88,89)96-74-77(72-92-79(84)66-62-58-54-24-20-16-12-8-4)98-81(86)68-64-60-56-52-49-46-42-33-30-27-23-19-15-11-7-3/h27,30,33,42,76-78,83H,5-26,28-29,31-32,34-41,43-75H2,1-4H3,(H,88,89)(H,90,91)/b30-27-,42-33-/t76-,77+,78+/m0/s1. The number of carbonyl (C=O) groups excluding carboxylic acids is 4. The molecule has 0 fully saturated rings. The van der Waals surface area contributed by atoms with Crippen LogP contribution < -0.4 is 0 Å². The molecule has 0 amide bonds. The number of hydrogen-bond donors (Lipinski definition) is 3. The summed E-state index contributed by atoms with van der Waals surface area (Å²) >= 11 is 0. The molecule has 0 rings (SSSR count). The molecule has 0 heterocycles. The Hall–Kier alpha value is -2.46. The maximum atomic E-state index is 13.1. The quantitative estimate of drug-likeness (QED) is 0.0169. The number of unbranched alkanes of at least 4 members (excludes halogenated alkanes) is 52. The lowest BCUT2D eigenvalue weighted by Gasteiger charge is -2.21. The molecule has 0 aromatic heterocycles. The SMILES string of the molecule is CCCCCC/C=C\C=C/CCCCCCCC(=O)O[C@H](COC(=O)CCCCCCCCCC)COP(=O)(O)OC[C@H](O)COP(=O)(O)OC[C@@H](COC(=O)CCCCCCCCCCCCCCCCCCC)OC(=O)CCCCCCCCCCCCCCCCCCCCCCC. The van der Waals surface area contributed by atoms with Gasteiger partial charge in [-0.3, -0.25) is 37.3 Å². The fourth-order valence-electron chi connectivity index (χ4n) is 12.3. The van der Waals surface area contributed by atoms with E-state index < -0.39 is 97.5 Å². The van der Waals surface area contributed by atoms with E-state index in [1.165, 1.54) is 231 Å². The van der Waals surface area contributed by atoms with E-state index in [-0.39, 0.29) is 25.7 Å². The topological polar surface area (TPSA) is 237 Å². The highest BCUT2D eigenvalue weighted by molar-refractivity contribution is 7.47. The molecule has 19 heteroatoms. The summed E-state index contributed by atoms with van der Waals surface area (Å²) in [6.07, 6.45) is 71.7. The molecule has 2 unspecified atom stereocenters. The van der Waals surface area contributed by atoms with Gasteiger partial charge in [-0.05, 0) is 51.4 Å². The van der Waals surface area contributed by atoms with Crippen LogP contribution in [0.1, 0.15) is 419 Å². The van der Waals surface area contributed by atoms with Crippen LogP contribution in [-0.4, -0.2) is 96.7 Å². The second-order valence-corrected chi connectivity index (χ2v) is 31.7. The third-order valence-electron chi connectivity index (χ3n) is 18.7. The van der Waals surface area contributed by atoms with E-state index >= 15 is 0 Å². The van der Waals surface area contributed by atoms with Gasteiger partial charge >= 0.3 is 39.5 Å². The number of aliphatic hydroxyl groups excluding tert-OH is 1. The van der Waals surface area contributed by atoms with Crippen LogP contribution in [-0.2, 0) is 65.4 Å². The van der Waals surface area contributed by atoms with Crippen molar-refractivity contribution in [1.82, 2.24) is 0 Å². The Morgan fingerprint density at radius 2 is 0.475 bits per heavy atom. The van der Waals surface area contributed by atoms with E-state index in [9.17, 15) is 43.2 Å². The maximum Gasteiger partial charge on any atom is 0.472 e. The van der Waals surface area contributed by atoms with Gasteiger partial charge in [0.15, 0.2) is 12.2 Å². The Morgan fingerprint density at radius 3 is 0.723 bits per heavy atom. The van der Waals surface area contributed by atoms with Gasteiger partial charge in [0, 0.05) is 25.7 Å². The summed E-state index contributed by atoms with van der Waals surface area (Å²) in [7, 11) is -9.93. The molecule has 0 aliphatic rings. The highest BCUT2D eigenvalue weighted by Gasteiger charge is 2.30. The average molecular weight is 1480 g/mol. The fourth-order valence-corrected chi connectivity index (χ4v) is 13.9. The van der Waals surface area contributed by atoms with Crippen molar-refractivity contribution in [2.45, 2.75) is 438 Å². The molecule has 17 nitrogen and oxygen atoms in total. The lowest BCUT2D eigenvalue weighted by Crippen LogP contribution is -2.30. The van der Waals surface area contributed by atoms with Crippen LogP contribution in [0, 0.1) is 0 Å². The molecular formula is C82H156O17P2. The van der Waals surface area contributed by atoms with Crippen LogP contribution in [0.25, 0.3) is 0 Å². The van der Waals surface area contributed by atoms with E-state index in [1.54, 1.807) is 0 Å². The summed E-state index contributed by atoms with van der Waals surface area (Å²) in [6, 6.07) is 0. The number of phosphoric acid groups is 2. The third kappa shape index (κ3) is 75.6. The maximum absolute atomic E-state index is 13.1. The molecule has 101 heavy (non-hydrogen) atoms. The van der Waals surface area contributed by atoms with Crippen molar-refractivity contribution in [2.24, 2.45) is 0 Å². The fraction of sp³-hybridized carbons (Fsp3) is 0.902. The van der Waals surface area contributed by atoms with Crippen molar-refractivity contribution in [1.29, 1.82) is 0 Å². The molecule has 0 radical (unpaired) electrons. The third-order valence-corrected chi connectivity index (χ3v) is 20.6. The van der Waals surface area contributed by atoms with Crippen molar-refractivity contribution in [3.63, 3.8) is 0 Å². The molecule has 0 saturated heterocycles. The van der Waals surface area contributed by atoms with Crippen molar-refractivity contribution < 1.29 is 80.2 Å². The lowest BCUT2D eigenvalue weighted by atomic mass is 10.0. The number of allylic oxidation sites excluding steroid dienone is 4. The number of rotatable bonds is 81. The Kier molecular flexibility index (Phi) is 73.9. The number of carbonyl (C=O) groups is 4. The minimum atomic E-state index is -4.97. The van der Waals surface area contributed by atoms with E-state index in [0.717, 1.165) is 109 Å². The number of ether oxygens (including phenoxy) is 4. The molecule has 0 aromatic carbocycles. The zero-order valence-corrected chi connectivity index (χ0v) is 67.2. The van der Waals surface area contributed by atoms with Gasteiger partial charge in [0.1, 0.15) is 19.3 Å². The number of esters is 4. The summed E-state index contributed by atoms with van der Waals surface area (Å²) in [6.45, 7) is 4.93. The van der Waals surface area contributed by atoms with Gasteiger partial charge in [-0.25, -0.2) is 9.13 Å². The van der Waals surface area contributed by atoms with Crippen LogP contribution in [0.5, 0.6) is 0 Å². The molecule has 5 atom stereocenters. The summed E-state index contributed by atoms with van der Waals surface area (Å²) in [5.41, 5.74) is 0. The van der Waals surface area contributed by atoms with Crippen LogP contribution in [0.15, 0.2) is 24.3 Å². The van der Waals surface area contributed by atoms with Gasteiger partial charge < -0.3 is 33.8 Å². The summed E-state index contributed by atoms with van der Waals surface area (Å²) in [5, 5.41) is 10.6. The summed E-state index contributed by atoms with van der Waals surface area (Å²) in [5.74, 6) is -2.14. The predicted molar refractivity (Wildman–Crippen MR) is 414 cm³/mol. The molecule has 0 aromatic rings. The van der Waals surface area contributed by atoms with Crippen LogP contribution in [0.2, 0.25) is 0 Å². The molecule has 0 spiro atoms. The predicted octanol–water partition coefficient (Wildman–Crippen LogP) is 24.5. The second-order valence-electron chi connectivity index (χ2n) is 28.8. The van der Waals surface area contributed by atoms with Crippen LogP contribution >= 0.6 is 15.6 Å². The second kappa shape index (κ2) is 75.8. The minimum absolute atomic E-state index is 0.0855. The van der Waals surface area contributed by atoms with Crippen LogP contribution in [0.4, 0.5) is 0 Å². The first-order valence-electron chi connectivity index (χ1n) is 42.1. The van der Waals surface area contributed by atoms with E-state index in [0.29, 0.717) is 25.7 Å². The molecule has 0 saturated carbocycles. The Balaban J connectivity index is 5.22. The Morgan fingerprint density at radius 1 is 0.277 bits per heavy atom. The molecule has 596 valence electrons. The molecule has 0 aliphatic heterocycles. The van der Waals surface area contributed by atoms with Gasteiger partial charge in [-0.15, -0.1) is 0 Å². The van der Waals surface area contributed by atoms with Crippen LogP contribution in [0.3, 0.4) is 0 Å². The number of hydrogen-bond acceptors (Lipinski definition) is 15. The minimum Gasteiger partial charge on any atom is -0.462 e. The van der Waals surface area contributed by atoms with E-state index in [4.69, 9.17) is 37.0 Å². The van der Waals surface area contributed by atoms with E-state index in [2.05, 4.69) is 52.0 Å². The molecule has 0 bridgehead atoms. The van der Waals surface area contributed by atoms with Gasteiger partial charge in [0.25, 0.3) is 0 Å². The van der Waals surface area contributed by atoms with Crippen molar-refractivity contribution >= 4 is 39.5 Å². The monoisotopic (exact) mass is 1480 g/mol. The smallest absolute Gasteiger partial charge is 0.462 e. The lowest BCUT2D eigenvalue weighted by molar-refractivity contribution is -0.161. The van der Waals surface area contributed by atoms with E-state index in [1.807, 2.05) is 0 Å². The zero-order valence-electron chi connectivity index (χ0n) is 65.4. The summed E-state index contributed by atoms with van der Waals surface area (Å²) < 4.78 is 68.6. The largest absolute Gasteiger partial charge is 0.472 e. The number of phosphoric ester groups is 2. The van der Waals surface area contributed by atoms with Gasteiger partial charge in [-0.2, -0.15) is 0 Å². The number of aliphatic hydroxyl groups is 1. The average Bonchev–Trinajstić information content (AvgIpc) is 1.43. The molecule has 3 N–H and O–H groups in total. The first-order chi connectivity index (χ1) is 49.2. The molecule has 0 aliphatic carbocycles. The normalized spacial score (nSPS) is 13.9. The van der Waals surface area contributed by atoms with Crippen molar-refractivity contribution in [2.75, 3.05) is 39.6 Å². The first-order valence-corrected chi connectivity index (χ1v) is 45.1. The zero-order chi connectivity index (χ0) is 73.9.